The molecular weight excluding hydrogens is 230 g/mol. The van der Waals surface area contributed by atoms with Gasteiger partial charge in [0.25, 0.3) is 0 Å². The normalized spacial score (nSPS) is 14.7. The van der Waals surface area contributed by atoms with Gasteiger partial charge in [-0.25, -0.2) is 0 Å². The number of rotatable bonds is 10. The van der Waals surface area contributed by atoms with Crippen LogP contribution in [0.25, 0.3) is 0 Å². The molecule has 0 heterocycles. The SMILES string of the molecule is CCC/C=C/C(O)C(CO)NC(=O)CCCCC. The lowest BCUT2D eigenvalue weighted by molar-refractivity contribution is -0.123. The van der Waals surface area contributed by atoms with Crippen molar-refractivity contribution in [2.45, 2.75) is 64.5 Å². The van der Waals surface area contributed by atoms with Crippen molar-refractivity contribution in [2.24, 2.45) is 0 Å². The molecule has 0 radical (unpaired) electrons. The molecule has 0 bridgehead atoms. The van der Waals surface area contributed by atoms with Crippen molar-refractivity contribution in [3.05, 3.63) is 12.2 Å². The maximum absolute atomic E-state index is 11.6. The van der Waals surface area contributed by atoms with Crippen molar-refractivity contribution in [1.29, 1.82) is 0 Å². The third-order valence-electron chi connectivity index (χ3n) is 2.75. The minimum atomic E-state index is -0.823. The van der Waals surface area contributed by atoms with Crippen LogP contribution in [0.5, 0.6) is 0 Å². The van der Waals surface area contributed by atoms with E-state index in [1.54, 1.807) is 6.08 Å². The summed E-state index contributed by atoms with van der Waals surface area (Å²) in [5, 5.41) is 21.6. The third-order valence-corrected chi connectivity index (χ3v) is 2.75. The zero-order valence-electron chi connectivity index (χ0n) is 11.6. The fourth-order valence-corrected chi connectivity index (χ4v) is 1.59. The van der Waals surface area contributed by atoms with E-state index < -0.39 is 12.1 Å². The van der Waals surface area contributed by atoms with Crippen molar-refractivity contribution >= 4 is 5.91 Å². The standard InChI is InChI=1S/C14H27NO3/c1-3-5-7-9-13(17)12(11-16)15-14(18)10-8-6-4-2/h7,9,12-13,16-17H,3-6,8,10-11H2,1-2H3,(H,15,18)/b9-7+. The highest BCUT2D eigenvalue weighted by molar-refractivity contribution is 5.76. The molecule has 0 aromatic rings. The molecule has 4 nitrogen and oxygen atoms in total. The van der Waals surface area contributed by atoms with Gasteiger partial charge in [-0.15, -0.1) is 0 Å². The van der Waals surface area contributed by atoms with Crippen LogP contribution in [-0.4, -0.2) is 34.9 Å². The van der Waals surface area contributed by atoms with Crippen LogP contribution >= 0.6 is 0 Å². The molecule has 2 atom stereocenters. The molecule has 0 rings (SSSR count). The summed E-state index contributed by atoms with van der Waals surface area (Å²) in [6.07, 6.45) is 7.98. The summed E-state index contributed by atoms with van der Waals surface area (Å²) >= 11 is 0. The number of nitrogens with one attached hydrogen (secondary N) is 1. The first-order valence-electron chi connectivity index (χ1n) is 6.90. The number of carbonyl (C=O) groups is 1. The molecule has 3 N–H and O–H groups in total. The van der Waals surface area contributed by atoms with E-state index in [1.807, 2.05) is 6.08 Å². The summed E-state index contributed by atoms with van der Waals surface area (Å²) in [5.41, 5.74) is 0. The van der Waals surface area contributed by atoms with Crippen molar-refractivity contribution in [1.82, 2.24) is 5.32 Å². The highest BCUT2D eigenvalue weighted by Crippen LogP contribution is 2.02. The Kier molecular flexibility index (Phi) is 10.7. The van der Waals surface area contributed by atoms with E-state index in [0.29, 0.717) is 6.42 Å². The smallest absolute Gasteiger partial charge is 0.220 e. The lowest BCUT2D eigenvalue weighted by atomic mass is 10.1. The van der Waals surface area contributed by atoms with E-state index in [2.05, 4.69) is 19.2 Å². The topological polar surface area (TPSA) is 69.6 Å². The summed E-state index contributed by atoms with van der Waals surface area (Å²) in [5.74, 6) is -0.106. The number of unbranched alkanes of at least 4 members (excludes halogenated alkanes) is 3. The highest BCUT2D eigenvalue weighted by Gasteiger charge is 2.17. The number of hydrogen-bond donors (Lipinski definition) is 3. The monoisotopic (exact) mass is 257 g/mol. The molecular formula is C14H27NO3. The van der Waals surface area contributed by atoms with E-state index in [4.69, 9.17) is 5.11 Å². The molecule has 2 unspecified atom stereocenters. The molecule has 106 valence electrons. The van der Waals surface area contributed by atoms with Crippen LogP contribution in [0.4, 0.5) is 0 Å². The average molecular weight is 257 g/mol. The van der Waals surface area contributed by atoms with Crippen LogP contribution in [0.2, 0.25) is 0 Å². The molecule has 0 spiro atoms. The summed E-state index contributed by atoms with van der Waals surface area (Å²) in [6, 6.07) is -0.604. The van der Waals surface area contributed by atoms with Crippen LogP contribution in [0.1, 0.15) is 52.4 Å². The van der Waals surface area contributed by atoms with Gasteiger partial charge in [0.05, 0.1) is 18.8 Å². The van der Waals surface area contributed by atoms with E-state index >= 15 is 0 Å². The lowest BCUT2D eigenvalue weighted by Crippen LogP contribution is -2.45. The molecule has 0 aliphatic rings. The number of aliphatic hydroxyl groups excluding tert-OH is 2. The minimum absolute atomic E-state index is 0.106. The van der Waals surface area contributed by atoms with Gasteiger partial charge in [0, 0.05) is 6.42 Å². The van der Waals surface area contributed by atoms with Crippen LogP contribution < -0.4 is 5.32 Å². The Morgan fingerprint density at radius 2 is 2.00 bits per heavy atom. The molecule has 0 aliphatic carbocycles. The number of aliphatic hydroxyl groups is 2. The second-order valence-corrected chi connectivity index (χ2v) is 4.52. The van der Waals surface area contributed by atoms with Crippen LogP contribution in [-0.2, 0) is 4.79 Å². The molecule has 0 aromatic heterocycles. The first-order chi connectivity index (χ1) is 8.65. The maximum Gasteiger partial charge on any atom is 0.220 e. The first kappa shape index (κ1) is 17.1. The fraction of sp³-hybridized carbons (Fsp3) is 0.786. The van der Waals surface area contributed by atoms with Gasteiger partial charge < -0.3 is 15.5 Å². The summed E-state index contributed by atoms with van der Waals surface area (Å²) < 4.78 is 0. The number of carbonyl (C=O) groups excluding carboxylic acids is 1. The van der Waals surface area contributed by atoms with Gasteiger partial charge in [-0.1, -0.05) is 45.3 Å². The molecule has 0 saturated heterocycles. The zero-order chi connectivity index (χ0) is 13.8. The Bertz CT molecular complexity index is 241. The summed E-state index contributed by atoms with van der Waals surface area (Å²) in [6.45, 7) is 3.88. The Labute approximate surface area is 110 Å². The Morgan fingerprint density at radius 3 is 2.56 bits per heavy atom. The lowest BCUT2D eigenvalue weighted by Gasteiger charge is -2.19. The average Bonchev–Trinajstić information content (AvgIpc) is 2.36. The number of hydrogen-bond acceptors (Lipinski definition) is 3. The van der Waals surface area contributed by atoms with Gasteiger partial charge in [0.15, 0.2) is 0 Å². The van der Waals surface area contributed by atoms with Gasteiger partial charge in [0.2, 0.25) is 5.91 Å². The van der Waals surface area contributed by atoms with E-state index in [-0.39, 0.29) is 12.5 Å². The largest absolute Gasteiger partial charge is 0.394 e. The summed E-state index contributed by atoms with van der Waals surface area (Å²) in [7, 11) is 0. The zero-order valence-corrected chi connectivity index (χ0v) is 11.6. The molecule has 4 heteroatoms. The van der Waals surface area contributed by atoms with E-state index in [0.717, 1.165) is 32.1 Å². The van der Waals surface area contributed by atoms with Gasteiger partial charge in [0.1, 0.15) is 0 Å². The number of amides is 1. The third kappa shape index (κ3) is 8.25. The molecule has 0 saturated carbocycles. The van der Waals surface area contributed by atoms with Gasteiger partial charge >= 0.3 is 0 Å². The molecule has 0 aliphatic heterocycles. The van der Waals surface area contributed by atoms with E-state index in [9.17, 15) is 9.90 Å². The predicted octanol–water partition coefficient (Wildman–Crippen LogP) is 1.76. The Morgan fingerprint density at radius 1 is 1.28 bits per heavy atom. The highest BCUT2D eigenvalue weighted by atomic mass is 16.3. The van der Waals surface area contributed by atoms with Gasteiger partial charge in [-0.2, -0.15) is 0 Å². The molecule has 1 amide bonds. The predicted molar refractivity (Wildman–Crippen MR) is 73.2 cm³/mol. The maximum atomic E-state index is 11.6. The summed E-state index contributed by atoms with van der Waals surface area (Å²) in [4.78, 5) is 11.6. The quantitative estimate of drug-likeness (QED) is 0.412. The first-order valence-corrected chi connectivity index (χ1v) is 6.90. The number of allylic oxidation sites excluding steroid dienone is 1. The van der Waals surface area contributed by atoms with Gasteiger partial charge in [-0.05, 0) is 12.8 Å². The van der Waals surface area contributed by atoms with Crippen LogP contribution in [0.15, 0.2) is 12.2 Å². The second kappa shape index (κ2) is 11.2. The van der Waals surface area contributed by atoms with Crippen LogP contribution in [0, 0.1) is 0 Å². The Balaban J connectivity index is 4.03. The van der Waals surface area contributed by atoms with E-state index in [1.165, 1.54) is 0 Å². The minimum Gasteiger partial charge on any atom is -0.394 e. The van der Waals surface area contributed by atoms with Crippen molar-refractivity contribution < 1.29 is 15.0 Å². The van der Waals surface area contributed by atoms with Crippen molar-refractivity contribution in [3.63, 3.8) is 0 Å². The van der Waals surface area contributed by atoms with Crippen molar-refractivity contribution in [3.8, 4) is 0 Å². The van der Waals surface area contributed by atoms with Crippen LogP contribution in [0.3, 0.4) is 0 Å². The fourth-order valence-electron chi connectivity index (χ4n) is 1.59. The van der Waals surface area contributed by atoms with Crippen molar-refractivity contribution in [2.75, 3.05) is 6.61 Å². The molecule has 0 fully saturated rings. The second-order valence-electron chi connectivity index (χ2n) is 4.52. The Hall–Kier alpha value is -0.870. The molecule has 18 heavy (non-hydrogen) atoms. The molecule has 0 aromatic carbocycles. The van der Waals surface area contributed by atoms with Gasteiger partial charge in [-0.3, -0.25) is 4.79 Å².